The maximum Gasteiger partial charge on any atom is 0.139 e. The van der Waals surface area contributed by atoms with Gasteiger partial charge in [-0.2, -0.15) is 0 Å². The van der Waals surface area contributed by atoms with Crippen molar-refractivity contribution >= 4 is 22.1 Å². The Morgan fingerprint density at radius 3 is 2.75 bits per heavy atom. The second-order valence-corrected chi connectivity index (χ2v) is 5.77. The summed E-state index contributed by atoms with van der Waals surface area (Å²) >= 11 is 3.33. The number of furan rings is 1. The largest absolute Gasteiger partial charge is 0.507 e. The van der Waals surface area contributed by atoms with Gasteiger partial charge in [0.2, 0.25) is 0 Å². The zero-order valence-corrected chi connectivity index (χ0v) is 12.9. The molecule has 1 aromatic carbocycles. The number of aryl methyl sites for hydroxylation is 1. The molecular weight excluding hydrogens is 322 g/mol. The van der Waals surface area contributed by atoms with Crippen LogP contribution in [0.25, 0.3) is 0 Å². The minimum Gasteiger partial charge on any atom is -0.507 e. The van der Waals surface area contributed by atoms with Crippen LogP contribution in [0, 0.1) is 6.92 Å². The number of aliphatic imine (C=N–C) groups is 1. The summed E-state index contributed by atoms with van der Waals surface area (Å²) in [6.45, 7) is 3.61. The predicted molar refractivity (Wildman–Crippen MR) is 81.3 cm³/mol. The van der Waals surface area contributed by atoms with Crippen molar-refractivity contribution in [3.8, 4) is 5.75 Å². The molecule has 1 heterocycles. The number of rotatable bonds is 4. The fourth-order valence-electron chi connectivity index (χ4n) is 1.75. The lowest BCUT2D eigenvalue weighted by Gasteiger charge is -2.17. The first-order valence-corrected chi connectivity index (χ1v) is 6.95. The highest BCUT2D eigenvalue weighted by Crippen LogP contribution is 2.24. The highest BCUT2D eigenvalue weighted by atomic mass is 79.9. The maximum absolute atomic E-state index is 10.3. The first-order valence-electron chi connectivity index (χ1n) is 6.16. The van der Waals surface area contributed by atoms with Gasteiger partial charge in [-0.15, -0.1) is 0 Å². The highest BCUT2D eigenvalue weighted by Gasteiger charge is 2.26. The van der Waals surface area contributed by atoms with E-state index < -0.39 is 5.60 Å². The molecule has 1 unspecified atom stereocenters. The minimum absolute atomic E-state index is 0.144. The van der Waals surface area contributed by atoms with Crippen LogP contribution in [0.1, 0.15) is 24.0 Å². The fourth-order valence-corrected chi connectivity index (χ4v) is 2.13. The molecule has 5 heteroatoms. The molecule has 0 aliphatic carbocycles. The van der Waals surface area contributed by atoms with E-state index in [9.17, 15) is 10.2 Å². The topological polar surface area (TPSA) is 66.0 Å². The quantitative estimate of drug-likeness (QED) is 0.840. The van der Waals surface area contributed by atoms with E-state index in [0.29, 0.717) is 11.3 Å². The molecule has 106 valence electrons. The van der Waals surface area contributed by atoms with Gasteiger partial charge in [0.15, 0.2) is 0 Å². The van der Waals surface area contributed by atoms with Crippen molar-refractivity contribution in [1.82, 2.24) is 0 Å². The van der Waals surface area contributed by atoms with E-state index in [-0.39, 0.29) is 12.3 Å². The van der Waals surface area contributed by atoms with Crippen LogP contribution < -0.4 is 0 Å². The minimum atomic E-state index is -1.17. The fraction of sp³-hybridized carbons (Fsp3) is 0.267. The number of phenolic OH excluding ortho intramolecular Hbond substituents is 1. The van der Waals surface area contributed by atoms with Gasteiger partial charge < -0.3 is 14.6 Å². The molecule has 0 bridgehead atoms. The summed E-state index contributed by atoms with van der Waals surface area (Å²) in [5, 5.41) is 20.0. The van der Waals surface area contributed by atoms with Crippen molar-refractivity contribution in [2.75, 3.05) is 6.54 Å². The van der Waals surface area contributed by atoms with Crippen LogP contribution in [0.15, 0.2) is 44.2 Å². The smallest absolute Gasteiger partial charge is 0.139 e. The molecule has 0 amide bonds. The summed E-state index contributed by atoms with van der Waals surface area (Å²) in [5.74, 6) is 1.37. The number of halogens is 1. The Kier molecular flexibility index (Phi) is 4.30. The normalized spacial score (nSPS) is 14.6. The third kappa shape index (κ3) is 3.49. The Hall–Kier alpha value is -1.59. The van der Waals surface area contributed by atoms with Crippen molar-refractivity contribution < 1.29 is 14.6 Å². The van der Waals surface area contributed by atoms with Gasteiger partial charge in [-0.05, 0) is 44.2 Å². The van der Waals surface area contributed by atoms with Crippen LogP contribution in [0.5, 0.6) is 5.75 Å². The lowest BCUT2D eigenvalue weighted by atomic mass is 10.0. The number of phenols is 1. The summed E-state index contributed by atoms with van der Waals surface area (Å²) in [6.07, 6.45) is 1.53. The van der Waals surface area contributed by atoms with Gasteiger partial charge in [-0.1, -0.05) is 15.9 Å². The van der Waals surface area contributed by atoms with Gasteiger partial charge in [-0.25, -0.2) is 0 Å². The second kappa shape index (κ2) is 5.81. The summed E-state index contributed by atoms with van der Waals surface area (Å²) < 4.78 is 6.27. The molecule has 2 aromatic rings. The molecule has 2 rings (SSSR count). The lowest BCUT2D eigenvalue weighted by molar-refractivity contribution is 0.0431. The van der Waals surface area contributed by atoms with Crippen LogP contribution in [0.2, 0.25) is 0 Å². The summed E-state index contributed by atoms with van der Waals surface area (Å²) in [6, 6.07) is 8.62. The van der Waals surface area contributed by atoms with Crippen molar-refractivity contribution in [3.05, 3.63) is 51.9 Å². The molecule has 20 heavy (non-hydrogen) atoms. The number of aromatic hydroxyl groups is 1. The first-order chi connectivity index (χ1) is 9.38. The van der Waals surface area contributed by atoms with Gasteiger partial charge in [0.05, 0.1) is 6.54 Å². The Bertz CT molecular complexity index is 632. The van der Waals surface area contributed by atoms with Crippen molar-refractivity contribution in [2.24, 2.45) is 4.99 Å². The zero-order chi connectivity index (χ0) is 14.8. The monoisotopic (exact) mass is 337 g/mol. The van der Waals surface area contributed by atoms with Gasteiger partial charge in [0, 0.05) is 16.3 Å². The van der Waals surface area contributed by atoms with Crippen LogP contribution in [-0.4, -0.2) is 23.0 Å². The Morgan fingerprint density at radius 2 is 2.10 bits per heavy atom. The molecule has 0 spiro atoms. The molecule has 0 fully saturated rings. The summed E-state index contributed by atoms with van der Waals surface area (Å²) in [5.41, 5.74) is -0.586. The number of nitrogens with zero attached hydrogens (tertiary/aromatic N) is 1. The molecule has 4 nitrogen and oxygen atoms in total. The van der Waals surface area contributed by atoms with E-state index in [1.54, 1.807) is 37.3 Å². The second-order valence-electron chi connectivity index (χ2n) is 4.86. The average Bonchev–Trinajstić information content (AvgIpc) is 2.81. The first kappa shape index (κ1) is 14.8. The molecule has 0 saturated heterocycles. The summed E-state index contributed by atoms with van der Waals surface area (Å²) in [7, 11) is 0. The number of aliphatic hydroxyl groups is 1. The molecular formula is C15H16BrNO3. The van der Waals surface area contributed by atoms with E-state index in [1.807, 2.05) is 6.92 Å². The zero-order valence-electron chi connectivity index (χ0n) is 11.3. The molecule has 1 atom stereocenters. The van der Waals surface area contributed by atoms with Crippen molar-refractivity contribution in [1.29, 1.82) is 0 Å². The van der Waals surface area contributed by atoms with Gasteiger partial charge in [-0.3, -0.25) is 4.99 Å². The molecule has 0 saturated carbocycles. The molecule has 1 aromatic heterocycles. The van der Waals surface area contributed by atoms with Crippen LogP contribution in [0.3, 0.4) is 0 Å². The maximum atomic E-state index is 10.3. The van der Waals surface area contributed by atoms with E-state index in [4.69, 9.17) is 4.42 Å². The van der Waals surface area contributed by atoms with Crippen LogP contribution in [-0.2, 0) is 5.60 Å². The van der Waals surface area contributed by atoms with Crippen LogP contribution >= 0.6 is 15.9 Å². The average molecular weight is 338 g/mol. The van der Waals surface area contributed by atoms with Crippen molar-refractivity contribution in [2.45, 2.75) is 19.4 Å². The highest BCUT2D eigenvalue weighted by molar-refractivity contribution is 9.10. The standard InChI is InChI=1S/C15H16BrNO3/c1-10-3-6-14(20-10)15(2,19)9-17-8-11-7-12(16)4-5-13(11)18/h3-8,18-19H,9H2,1-2H3. The number of benzene rings is 1. The third-order valence-corrected chi connectivity index (χ3v) is 3.38. The Morgan fingerprint density at radius 1 is 1.35 bits per heavy atom. The number of hydrogen-bond acceptors (Lipinski definition) is 4. The Labute approximate surface area is 125 Å². The number of hydrogen-bond donors (Lipinski definition) is 2. The van der Waals surface area contributed by atoms with Crippen molar-refractivity contribution in [3.63, 3.8) is 0 Å². The van der Waals surface area contributed by atoms with Gasteiger partial charge >= 0.3 is 0 Å². The van der Waals surface area contributed by atoms with E-state index in [0.717, 1.165) is 10.2 Å². The molecule has 2 N–H and O–H groups in total. The van der Waals surface area contributed by atoms with E-state index >= 15 is 0 Å². The summed E-state index contributed by atoms with van der Waals surface area (Å²) in [4.78, 5) is 4.19. The molecule has 0 aliphatic heterocycles. The molecule has 0 radical (unpaired) electrons. The molecule has 0 aliphatic rings. The lowest BCUT2D eigenvalue weighted by Crippen LogP contribution is -2.24. The van der Waals surface area contributed by atoms with Gasteiger partial charge in [0.25, 0.3) is 0 Å². The van der Waals surface area contributed by atoms with Gasteiger partial charge in [0.1, 0.15) is 22.9 Å². The SMILES string of the molecule is Cc1ccc(C(C)(O)CN=Cc2cc(Br)ccc2O)o1. The Balaban J connectivity index is 2.11. The van der Waals surface area contributed by atoms with E-state index in [1.165, 1.54) is 6.21 Å². The third-order valence-electron chi connectivity index (χ3n) is 2.89. The predicted octanol–water partition coefficient (Wildman–Crippen LogP) is 3.38. The van der Waals surface area contributed by atoms with Crippen LogP contribution in [0.4, 0.5) is 0 Å². The van der Waals surface area contributed by atoms with E-state index in [2.05, 4.69) is 20.9 Å².